The fourth-order valence-corrected chi connectivity index (χ4v) is 3.30. The van der Waals surface area contributed by atoms with Gasteiger partial charge in [0.05, 0.1) is 6.20 Å². The molecular weight excluding hydrogens is 262 g/mol. The predicted octanol–water partition coefficient (Wildman–Crippen LogP) is 2.84. The Morgan fingerprint density at radius 3 is 3.00 bits per heavy atom. The Bertz CT molecular complexity index is 571. The topological polar surface area (TPSA) is 38.1 Å². The molecule has 112 valence electrons. The predicted molar refractivity (Wildman–Crippen MR) is 82.7 cm³/mol. The maximum absolute atomic E-state index is 12.2. The van der Waals surface area contributed by atoms with E-state index in [-0.39, 0.29) is 5.91 Å². The molecule has 0 saturated carbocycles. The monoisotopic (exact) mass is 285 g/mol. The average molecular weight is 285 g/mol. The van der Waals surface area contributed by atoms with E-state index in [4.69, 9.17) is 0 Å². The molecule has 0 atom stereocenters. The summed E-state index contributed by atoms with van der Waals surface area (Å²) in [5, 5.41) is 4.42. The van der Waals surface area contributed by atoms with Gasteiger partial charge < -0.3 is 4.90 Å². The Morgan fingerprint density at radius 1 is 1.33 bits per heavy atom. The van der Waals surface area contributed by atoms with Crippen molar-refractivity contribution in [1.29, 1.82) is 0 Å². The van der Waals surface area contributed by atoms with E-state index in [1.807, 2.05) is 11.1 Å². The maximum Gasteiger partial charge on any atom is 0.246 e. The second-order valence-corrected chi connectivity index (χ2v) is 5.95. The lowest BCUT2D eigenvalue weighted by Crippen LogP contribution is -2.31. The third-order valence-corrected chi connectivity index (χ3v) is 4.45. The largest absolute Gasteiger partial charge is 0.331 e. The molecule has 2 heterocycles. The van der Waals surface area contributed by atoms with Crippen LogP contribution in [-0.4, -0.2) is 27.1 Å². The molecule has 0 unspecified atom stereocenters. The van der Waals surface area contributed by atoms with Gasteiger partial charge in [-0.2, -0.15) is 5.10 Å². The summed E-state index contributed by atoms with van der Waals surface area (Å²) in [5.41, 5.74) is 3.88. The normalized spacial score (nSPS) is 17.2. The Balaban J connectivity index is 1.74. The number of aromatic nitrogens is 2. The van der Waals surface area contributed by atoms with Gasteiger partial charge in [-0.25, -0.2) is 0 Å². The van der Waals surface area contributed by atoms with Gasteiger partial charge >= 0.3 is 0 Å². The molecule has 1 amide bonds. The number of fused-ring (bicyclic) bond motifs is 1. The number of nitrogens with zero attached hydrogens (tertiary/aromatic N) is 3. The highest BCUT2D eigenvalue weighted by molar-refractivity contribution is 5.87. The zero-order chi connectivity index (χ0) is 14.7. The van der Waals surface area contributed by atoms with Gasteiger partial charge in [-0.15, -0.1) is 0 Å². The van der Waals surface area contributed by atoms with Gasteiger partial charge in [0, 0.05) is 30.9 Å². The summed E-state index contributed by atoms with van der Waals surface area (Å²) in [6, 6.07) is 0. The van der Waals surface area contributed by atoms with Gasteiger partial charge in [0.1, 0.15) is 0 Å². The van der Waals surface area contributed by atoms with Crippen molar-refractivity contribution in [3.05, 3.63) is 41.8 Å². The van der Waals surface area contributed by atoms with Crippen molar-refractivity contribution in [3.63, 3.8) is 0 Å². The number of allylic oxidation sites excluding steroid dienone is 1. The fraction of sp³-hybridized carbons (Fsp3) is 0.529. The van der Waals surface area contributed by atoms with E-state index in [1.54, 1.807) is 0 Å². The van der Waals surface area contributed by atoms with Gasteiger partial charge in [-0.05, 0) is 44.6 Å². The van der Waals surface area contributed by atoms with E-state index in [2.05, 4.69) is 22.4 Å². The standard InChI is InChI=1S/C17H23N3O/c1-2-17(21)19(12-14-7-4-3-5-8-14)13-15-11-18-20-10-6-9-16(15)20/h2,7,11H,1,3-6,8-10,12-13H2. The number of aryl methyl sites for hydroxylation is 1. The first-order chi connectivity index (χ1) is 10.3. The zero-order valence-electron chi connectivity index (χ0n) is 12.6. The number of rotatable bonds is 5. The molecule has 0 fully saturated rings. The highest BCUT2D eigenvalue weighted by Gasteiger charge is 2.20. The molecule has 0 bridgehead atoms. The third-order valence-electron chi connectivity index (χ3n) is 4.45. The number of amides is 1. The molecule has 21 heavy (non-hydrogen) atoms. The van der Waals surface area contributed by atoms with E-state index >= 15 is 0 Å². The van der Waals surface area contributed by atoms with Crippen LogP contribution in [0.5, 0.6) is 0 Å². The summed E-state index contributed by atoms with van der Waals surface area (Å²) >= 11 is 0. The van der Waals surface area contributed by atoms with Crippen molar-refractivity contribution in [2.24, 2.45) is 0 Å². The van der Waals surface area contributed by atoms with Gasteiger partial charge in [0.2, 0.25) is 5.91 Å². The lowest BCUT2D eigenvalue weighted by molar-refractivity contribution is -0.126. The summed E-state index contributed by atoms with van der Waals surface area (Å²) in [7, 11) is 0. The Hall–Kier alpha value is -1.84. The molecule has 4 heteroatoms. The number of carbonyl (C=O) groups excluding carboxylic acids is 1. The molecule has 1 aliphatic carbocycles. The first kappa shape index (κ1) is 14.1. The van der Waals surface area contributed by atoms with Crippen molar-refractivity contribution in [3.8, 4) is 0 Å². The van der Waals surface area contributed by atoms with E-state index in [1.165, 1.54) is 35.7 Å². The van der Waals surface area contributed by atoms with E-state index in [9.17, 15) is 4.79 Å². The molecule has 1 aromatic heterocycles. The summed E-state index contributed by atoms with van der Waals surface area (Å²) < 4.78 is 2.08. The smallest absolute Gasteiger partial charge is 0.246 e. The third kappa shape index (κ3) is 3.09. The molecule has 3 rings (SSSR count). The van der Waals surface area contributed by atoms with Crippen molar-refractivity contribution in [1.82, 2.24) is 14.7 Å². The van der Waals surface area contributed by atoms with E-state index in [0.29, 0.717) is 6.54 Å². The summed E-state index contributed by atoms with van der Waals surface area (Å²) in [5.74, 6) is 0.0134. The minimum Gasteiger partial charge on any atom is -0.331 e. The summed E-state index contributed by atoms with van der Waals surface area (Å²) in [6.45, 7) is 6.04. The van der Waals surface area contributed by atoms with Crippen LogP contribution >= 0.6 is 0 Å². The van der Waals surface area contributed by atoms with Crippen molar-refractivity contribution in [2.75, 3.05) is 6.54 Å². The fourth-order valence-electron chi connectivity index (χ4n) is 3.30. The van der Waals surface area contributed by atoms with Crippen LogP contribution in [0.3, 0.4) is 0 Å². The molecule has 0 radical (unpaired) electrons. The van der Waals surface area contributed by atoms with Crippen LogP contribution in [0.15, 0.2) is 30.5 Å². The highest BCUT2D eigenvalue weighted by Crippen LogP contribution is 2.22. The SMILES string of the molecule is C=CC(=O)N(CC1=CCCCC1)Cc1cnn2c1CCC2. The molecule has 2 aliphatic rings. The van der Waals surface area contributed by atoms with Crippen LogP contribution in [0, 0.1) is 0 Å². The summed E-state index contributed by atoms with van der Waals surface area (Å²) in [4.78, 5) is 14.1. The van der Waals surface area contributed by atoms with Crippen molar-refractivity contribution < 1.29 is 4.79 Å². The molecule has 0 saturated heterocycles. The van der Waals surface area contributed by atoms with Crippen LogP contribution < -0.4 is 0 Å². The van der Waals surface area contributed by atoms with Crippen molar-refractivity contribution in [2.45, 2.75) is 51.6 Å². The number of hydrogen-bond donors (Lipinski definition) is 0. The second kappa shape index (κ2) is 6.29. The molecule has 0 N–H and O–H groups in total. The Labute approximate surface area is 126 Å². The molecule has 0 spiro atoms. The van der Waals surface area contributed by atoms with E-state index < -0.39 is 0 Å². The highest BCUT2D eigenvalue weighted by atomic mass is 16.2. The first-order valence-electron chi connectivity index (χ1n) is 7.90. The molecular formula is C17H23N3O. The second-order valence-electron chi connectivity index (χ2n) is 5.95. The average Bonchev–Trinajstić information content (AvgIpc) is 3.11. The maximum atomic E-state index is 12.2. The van der Waals surface area contributed by atoms with Gasteiger partial charge in [-0.3, -0.25) is 9.48 Å². The van der Waals surface area contributed by atoms with Gasteiger partial charge in [0.15, 0.2) is 0 Å². The van der Waals surface area contributed by atoms with Crippen LogP contribution in [0.4, 0.5) is 0 Å². The van der Waals surface area contributed by atoms with Crippen LogP contribution in [0.25, 0.3) is 0 Å². The molecule has 1 aliphatic heterocycles. The number of carbonyl (C=O) groups is 1. The van der Waals surface area contributed by atoms with Crippen molar-refractivity contribution >= 4 is 5.91 Å². The zero-order valence-corrected chi connectivity index (χ0v) is 12.6. The van der Waals surface area contributed by atoms with Crippen LogP contribution in [-0.2, 0) is 24.3 Å². The lowest BCUT2D eigenvalue weighted by Gasteiger charge is -2.24. The van der Waals surface area contributed by atoms with E-state index in [0.717, 1.165) is 38.8 Å². The Kier molecular flexibility index (Phi) is 4.23. The minimum absolute atomic E-state index is 0.0134. The van der Waals surface area contributed by atoms with Crippen LogP contribution in [0.2, 0.25) is 0 Å². The Morgan fingerprint density at radius 2 is 2.24 bits per heavy atom. The molecule has 1 aromatic rings. The lowest BCUT2D eigenvalue weighted by atomic mass is 9.99. The van der Waals surface area contributed by atoms with Gasteiger partial charge in [0.25, 0.3) is 0 Å². The molecule has 4 nitrogen and oxygen atoms in total. The minimum atomic E-state index is 0.0134. The van der Waals surface area contributed by atoms with Crippen LogP contribution in [0.1, 0.15) is 43.4 Å². The molecule has 0 aromatic carbocycles. The van der Waals surface area contributed by atoms with Gasteiger partial charge in [-0.1, -0.05) is 18.2 Å². The summed E-state index contributed by atoms with van der Waals surface area (Å²) in [6.07, 6.45) is 12.7. The quantitative estimate of drug-likeness (QED) is 0.616. The first-order valence-corrected chi connectivity index (χ1v) is 7.90. The number of hydrogen-bond acceptors (Lipinski definition) is 2.